The van der Waals surface area contributed by atoms with Gasteiger partial charge in [-0.25, -0.2) is 4.98 Å². The Hall–Kier alpha value is -3.35. The molecule has 0 saturated carbocycles. The van der Waals surface area contributed by atoms with Gasteiger partial charge in [0.05, 0.1) is 40.3 Å². The van der Waals surface area contributed by atoms with Crippen LogP contribution in [-0.2, 0) is 13.6 Å². The second-order valence-corrected chi connectivity index (χ2v) is 6.15. The highest BCUT2D eigenvalue weighted by Gasteiger charge is 2.14. The second kappa shape index (κ2) is 8.56. The molecule has 7 heteroatoms. The second-order valence-electron chi connectivity index (χ2n) is 6.15. The third-order valence-corrected chi connectivity index (χ3v) is 4.53. The summed E-state index contributed by atoms with van der Waals surface area (Å²) in [7, 11) is 8.43. The van der Waals surface area contributed by atoms with Gasteiger partial charge in [-0.05, 0) is 29.8 Å². The van der Waals surface area contributed by atoms with E-state index in [0.29, 0.717) is 23.8 Å². The molecule has 0 spiro atoms. The Bertz CT molecular complexity index is 928. The summed E-state index contributed by atoms with van der Waals surface area (Å²) in [5.41, 5.74) is 3.02. The van der Waals surface area contributed by atoms with E-state index in [1.807, 2.05) is 54.2 Å². The summed E-state index contributed by atoms with van der Waals surface area (Å²) in [4.78, 5) is 4.51. The number of benzene rings is 2. The summed E-state index contributed by atoms with van der Waals surface area (Å²) >= 11 is 0. The molecule has 0 unspecified atom stereocenters. The molecule has 0 atom stereocenters. The molecule has 0 fully saturated rings. The number of aromatic nitrogens is 2. The van der Waals surface area contributed by atoms with Gasteiger partial charge < -0.3 is 28.8 Å². The summed E-state index contributed by atoms with van der Waals surface area (Å²) in [6, 6.07) is 11.7. The van der Waals surface area contributed by atoms with Gasteiger partial charge in [0.15, 0.2) is 11.5 Å². The van der Waals surface area contributed by atoms with Crippen LogP contribution in [0.2, 0.25) is 0 Å². The van der Waals surface area contributed by atoms with Crippen molar-refractivity contribution in [2.45, 2.75) is 6.54 Å². The van der Waals surface area contributed by atoms with E-state index < -0.39 is 0 Å². The van der Waals surface area contributed by atoms with E-state index in [-0.39, 0.29) is 0 Å². The first-order chi connectivity index (χ1) is 13.6. The number of anilines is 1. The first kappa shape index (κ1) is 19.4. The predicted octanol–water partition coefficient (Wildman–Crippen LogP) is 3.73. The lowest BCUT2D eigenvalue weighted by Crippen LogP contribution is -2.06. The number of nitrogens with one attached hydrogen (secondary N) is 1. The first-order valence-corrected chi connectivity index (χ1v) is 8.80. The molecule has 0 aliphatic heterocycles. The Morgan fingerprint density at radius 1 is 0.929 bits per heavy atom. The van der Waals surface area contributed by atoms with Crippen molar-refractivity contribution in [2.24, 2.45) is 7.05 Å². The van der Waals surface area contributed by atoms with Crippen molar-refractivity contribution in [3.8, 4) is 34.3 Å². The zero-order valence-electron chi connectivity index (χ0n) is 16.8. The number of rotatable bonds is 8. The molecule has 2 aromatic carbocycles. The number of methoxy groups -OCH3 is 4. The quantitative estimate of drug-likeness (QED) is 0.639. The van der Waals surface area contributed by atoms with Crippen LogP contribution in [0.1, 0.15) is 5.56 Å². The number of hydrogen-bond acceptors (Lipinski definition) is 6. The average Bonchev–Trinajstić information content (AvgIpc) is 3.11. The summed E-state index contributed by atoms with van der Waals surface area (Å²) in [5, 5.41) is 3.36. The molecule has 0 aliphatic rings. The standard InChI is InChI=1S/C21H25N3O4/c1-24-17(15-7-6-8-16(11-15)25-2)13-23-21(24)22-12-14-9-18(26-3)20(28-5)19(10-14)27-4/h6-11,13H,12H2,1-5H3,(H,22,23). The number of nitrogens with zero attached hydrogens (tertiary/aromatic N) is 2. The van der Waals surface area contributed by atoms with Crippen LogP contribution in [0.25, 0.3) is 11.3 Å². The highest BCUT2D eigenvalue weighted by Crippen LogP contribution is 2.38. The molecule has 148 valence electrons. The van der Waals surface area contributed by atoms with Gasteiger partial charge in [-0.2, -0.15) is 0 Å². The molecule has 0 bridgehead atoms. The molecule has 1 heterocycles. The maximum Gasteiger partial charge on any atom is 0.203 e. The Balaban J connectivity index is 1.81. The van der Waals surface area contributed by atoms with Gasteiger partial charge in [-0.1, -0.05) is 12.1 Å². The van der Waals surface area contributed by atoms with Gasteiger partial charge in [-0.3, -0.25) is 0 Å². The molecule has 0 radical (unpaired) electrons. The highest BCUT2D eigenvalue weighted by atomic mass is 16.5. The maximum absolute atomic E-state index is 5.41. The molecule has 1 aromatic heterocycles. The SMILES string of the molecule is COc1cccc(-c2cnc(NCc3cc(OC)c(OC)c(OC)c3)n2C)c1. The van der Waals surface area contributed by atoms with Crippen molar-refractivity contribution >= 4 is 5.95 Å². The number of imidazole rings is 1. The minimum atomic E-state index is 0.555. The molecule has 28 heavy (non-hydrogen) atoms. The molecule has 3 aromatic rings. The first-order valence-electron chi connectivity index (χ1n) is 8.80. The number of ether oxygens (including phenoxy) is 4. The van der Waals surface area contributed by atoms with Crippen LogP contribution < -0.4 is 24.3 Å². The van der Waals surface area contributed by atoms with Gasteiger partial charge in [0.2, 0.25) is 11.7 Å². The van der Waals surface area contributed by atoms with Gasteiger partial charge >= 0.3 is 0 Å². The van der Waals surface area contributed by atoms with Crippen molar-refractivity contribution in [3.63, 3.8) is 0 Å². The summed E-state index contributed by atoms with van der Waals surface area (Å²) < 4.78 is 23.5. The largest absolute Gasteiger partial charge is 0.497 e. The lowest BCUT2D eigenvalue weighted by atomic mass is 10.1. The van der Waals surface area contributed by atoms with Crippen LogP contribution in [0.4, 0.5) is 5.95 Å². The molecular formula is C21H25N3O4. The molecule has 1 N–H and O–H groups in total. The molecule has 0 aliphatic carbocycles. The van der Waals surface area contributed by atoms with E-state index >= 15 is 0 Å². The monoisotopic (exact) mass is 383 g/mol. The van der Waals surface area contributed by atoms with Crippen LogP contribution in [0.15, 0.2) is 42.6 Å². The van der Waals surface area contributed by atoms with Crippen LogP contribution in [-0.4, -0.2) is 38.0 Å². The molecular weight excluding hydrogens is 358 g/mol. The van der Waals surface area contributed by atoms with E-state index in [1.54, 1.807) is 28.4 Å². The van der Waals surface area contributed by atoms with E-state index in [0.717, 1.165) is 28.5 Å². The minimum absolute atomic E-state index is 0.555. The van der Waals surface area contributed by atoms with E-state index in [1.165, 1.54) is 0 Å². The minimum Gasteiger partial charge on any atom is -0.497 e. The van der Waals surface area contributed by atoms with Crippen molar-refractivity contribution in [1.82, 2.24) is 9.55 Å². The molecule has 3 rings (SSSR count). The summed E-state index contributed by atoms with van der Waals surface area (Å²) in [6.45, 7) is 0.555. The van der Waals surface area contributed by atoms with Crippen LogP contribution in [0.3, 0.4) is 0 Å². The zero-order valence-corrected chi connectivity index (χ0v) is 16.8. The summed E-state index contributed by atoms with van der Waals surface area (Å²) in [6.07, 6.45) is 1.84. The normalized spacial score (nSPS) is 10.5. The van der Waals surface area contributed by atoms with Crippen LogP contribution in [0.5, 0.6) is 23.0 Å². The summed E-state index contributed by atoms with van der Waals surface area (Å²) in [5.74, 6) is 3.38. The highest BCUT2D eigenvalue weighted by molar-refractivity contribution is 5.63. The van der Waals surface area contributed by atoms with Crippen molar-refractivity contribution < 1.29 is 18.9 Å². The maximum atomic E-state index is 5.41. The smallest absolute Gasteiger partial charge is 0.203 e. The molecule has 0 amide bonds. The third-order valence-electron chi connectivity index (χ3n) is 4.53. The van der Waals surface area contributed by atoms with E-state index in [4.69, 9.17) is 18.9 Å². The topological polar surface area (TPSA) is 66.8 Å². The van der Waals surface area contributed by atoms with Crippen molar-refractivity contribution in [2.75, 3.05) is 33.8 Å². The van der Waals surface area contributed by atoms with Gasteiger partial charge in [0.1, 0.15) is 5.75 Å². The Labute approximate surface area is 164 Å². The van der Waals surface area contributed by atoms with Crippen LogP contribution >= 0.6 is 0 Å². The molecule has 0 saturated heterocycles. The van der Waals surface area contributed by atoms with Gasteiger partial charge in [-0.15, -0.1) is 0 Å². The van der Waals surface area contributed by atoms with Crippen molar-refractivity contribution in [3.05, 3.63) is 48.2 Å². The fourth-order valence-corrected chi connectivity index (χ4v) is 3.04. The Morgan fingerprint density at radius 2 is 1.64 bits per heavy atom. The lowest BCUT2D eigenvalue weighted by Gasteiger charge is -2.15. The van der Waals surface area contributed by atoms with E-state index in [2.05, 4.69) is 10.3 Å². The predicted molar refractivity (Wildman–Crippen MR) is 109 cm³/mol. The average molecular weight is 383 g/mol. The third kappa shape index (κ3) is 3.83. The fourth-order valence-electron chi connectivity index (χ4n) is 3.04. The lowest BCUT2D eigenvalue weighted by molar-refractivity contribution is 0.324. The van der Waals surface area contributed by atoms with Gasteiger partial charge in [0.25, 0.3) is 0 Å². The Kier molecular flexibility index (Phi) is 5.93. The van der Waals surface area contributed by atoms with Gasteiger partial charge in [0, 0.05) is 19.2 Å². The van der Waals surface area contributed by atoms with Crippen LogP contribution in [0, 0.1) is 0 Å². The fraction of sp³-hybridized carbons (Fsp3) is 0.286. The molecule has 7 nitrogen and oxygen atoms in total. The zero-order chi connectivity index (χ0) is 20.1. The van der Waals surface area contributed by atoms with E-state index in [9.17, 15) is 0 Å². The Morgan fingerprint density at radius 3 is 2.25 bits per heavy atom. The van der Waals surface area contributed by atoms with Crippen molar-refractivity contribution in [1.29, 1.82) is 0 Å². The number of hydrogen-bond donors (Lipinski definition) is 1.